The number of likely N-dealkylation sites (tertiary alicyclic amines) is 1. The average Bonchev–Trinajstić information content (AvgIpc) is 3.22. The topological polar surface area (TPSA) is 59.8 Å². The number of methoxy groups -OCH3 is 2. The first-order valence-corrected chi connectivity index (χ1v) is 9.14. The average molecular weight is 372 g/mol. The number of hydrogen-bond acceptors (Lipinski definition) is 5. The number of hydrogen-bond donors (Lipinski definition) is 0. The Morgan fingerprint density at radius 2 is 1.93 bits per heavy atom. The van der Waals surface area contributed by atoms with Crippen molar-refractivity contribution in [2.45, 2.75) is 24.9 Å². The Morgan fingerprint density at radius 3 is 2.48 bits per heavy atom. The highest BCUT2D eigenvalue weighted by Gasteiger charge is 2.45. The van der Waals surface area contributed by atoms with Crippen LogP contribution in [0, 0.1) is 0 Å². The van der Waals surface area contributed by atoms with Crippen LogP contribution in [-0.2, 0) is 16.9 Å². The van der Waals surface area contributed by atoms with Crippen molar-refractivity contribution in [1.29, 1.82) is 0 Å². The largest absolute Gasteiger partial charge is 0.497 e. The number of piperidine rings is 1. The molecule has 2 aromatic rings. The lowest BCUT2D eigenvalue weighted by Crippen LogP contribution is -2.58. The maximum Gasteiger partial charge on any atom is 0.251 e. The van der Waals surface area contributed by atoms with Gasteiger partial charge >= 0.3 is 0 Å². The molecule has 0 bridgehead atoms. The summed E-state index contributed by atoms with van der Waals surface area (Å²) in [4.78, 5) is 17.1. The standard InChI is InChI=1S/C20H28N4O3/c1-22(2)19(25)20(24-10-6-8-21-24)7-5-9-23(15-20)14-16-11-17(26-3)13-18(12-16)27-4/h6,8,10-13H,5,7,9,14-15H2,1-4H3. The molecule has 146 valence electrons. The molecule has 27 heavy (non-hydrogen) atoms. The zero-order chi connectivity index (χ0) is 19.4. The number of aromatic nitrogens is 2. The van der Waals surface area contributed by atoms with Crippen LogP contribution < -0.4 is 9.47 Å². The first-order chi connectivity index (χ1) is 13.0. The van der Waals surface area contributed by atoms with Gasteiger partial charge in [-0.15, -0.1) is 0 Å². The van der Waals surface area contributed by atoms with Gasteiger partial charge in [-0.2, -0.15) is 5.10 Å². The van der Waals surface area contributed by atoms with E-state index in [0.717, 1.165) is 43.0 Å². The molecule has 3 rings (SSSR count). The molecule has 1 aliphatic heterocycles. The number of ether oxygens (including phenoxy) is 2. The molecule has 1 atom stereocenters. The van der Waals surface area contributed by atoms with Gasteiger partial charge < -0.3 is 14.4 Å². The lowest BCUT2D eigenvalue weighted by atomic mass is 9.87. The molecular formula is C20H28N4O3. The highest BCUT2D eigenvalue weighted by atomic mass is 16.5. The number of amides is 1. The lowest BCUT2D eigenvalue weighted by Gasteiger charge is -2.43. The molecule has 0 aliphatic carbocycles. The molecule has 0 saturated carbocycles. The van der Waals surface area contributed by atoms with Gasteiger partial charge in [-0.25, -0.2) is 0 Å². The summed E-state index contributed by atoms with van der Waals surface area (Å²) in [6, 6.07) is 7.76. The third kappa shape index (κ3) is 3.93. The Morgan fingerprint density at radius 1 is 1.22 bits per heavy atom. The van der Waals surface area contributed by atoms with Crippen LogP contribution in [0.1, 0.15) is 18.4 Å². The number of carbonyl (C=O) groups is 1. The van der Waals surface area contributed by atoms with E-state index in [1.165, 1.54) is 0 Å². The van der Waals surface area contributed by atoms with E-state index in [4.69, 9.17) is 9.47 Å². The molecule has 7 nitrogen and oxygen atoms in total. The molecule has 1 amide bonds. The van der Waals surface area contributed by atoms with Crippen molar-refractivity contribution in [3.05, 3.63) is 42.2 Å². The fraction of sp³-hybridized carbons (Fsp3) is 0.500. The van der Waals surface area contributed by atoms with Gasteiger partial charge in [-0.1, -0.05) is 0 Å². The molecule has 7 heteroatoms. The summed E-state index contributed by atoms with van der Waals surface area (Å²) in [5.74, 6) is 1.62. The van der Waals surface area contributed by atoms with Crippen LogP contribution in [0.5, 0.6) is 11.5 Å². The van der Waals surface area contributed by atoms with Crippen LogP contribution in [0.3, 0.4) is 0 Å². The molecule has 1 aromatic heterocycles. The molecule has 1 aliphatic rings. The van der Waals surface area contributed by atoms with Gasteiger partial charge in [-0.3, -0.25) is 14.4 Å². The summed E-state index contributed by atoms with van der Waals surface area (Å²) in [6.45, 7) is 2.27. The zero-order valence-corrected chi connectivity index (χ0v) is 16.5. The molecule has 1 saturated heterocycles. The monoisotopic (exact) mass is 372 g/mol. The second-order valence-electron chi connectivity index (χ2n) is 7.22. The summed E-state index contributed by atoms with van der Waals surface area (Å²) < 4.78 is 12.6. The van der Waals surface area contributed by atoms with Gasteiger partial charge in [0.2, 0.25) is 0 Å². The van der Waals surface area contributed by atoms with Crippen molar-refractivity contribution in [1.82, 2.24) is 19.6 Å². The van der Waals surface area contributed by atoms with Crippen LogP contribution in [-0.4, -0.2) is 66.9 Å². The maximum absolute atomic E-state index is 13.1. The van der Waals surface area contributed by atoms with Crippen molar-refractivity contribution in [3.8, 4) is 11.5 Å². The Bertz CT molecular complexity index is 753. The number of benzene rings is 1. The summed E-state index contributed by atoms with van der Waals surface area (Å²) in [7, 11) is 6.91. The number of likely N-dealkylation sites (N-methyl/N-ethyl adjacent to an activating group) is 1. The molecule has 0 radical (unpaired) electrons. The molecular weight excluding hydrogens is 344 g/mol. The first-order valence-electron chi connectivity index (χ1n) is 9.14. The SMILES string of the molecule is COc1cc(CN2CCCC(C(=O)N(C)C)(n3cccn3)C2)cc(OC)c1. The Balaban J connectivity index is 1.87. The molecule has 1 unspecified atom stereocenters. The van der Waals surface area contributed by atoms with E-state index in [-0.39, 0.29) is 5.91 Å². The van der Waals surface area contributed by atoms with E-state index < -0.39 is 5.54 Å². The Hall–Kier alpha value is -2.54. The maximum atomic E-state index is 13.1. The molecule has 0 N–H and O–H groups in total. The third-order valence-electron chi connectivity index (χ3n) is 5.11. The van der Waals surface area contributed by atoms with Crippen molar-refractivity contribution >= 4 is 5.91 Å². The number of nitrogens with zero attached hydrogens (tertiary/aromatic N) is 4. The van der Waals surface area contributed by atoms with Crippen LogP contribution >= 0.6 is 0 Å². The van der Waals surface area contributed by atoms with Crippen LogP contribution in [0.25, 0.3) is 0 Å². The van der Waals surface area contributed by atoms with Crippen molar-refractivity contribution in [2.75, 3.05) is 41.4 Å². The van der Waals surface area contributed by atoms with Gasteiger partial charge in [0.05, 0.1) is 14.2 Å². The van der Waals surface area contributed by atoms with Crippen LogP contribution in [0.2, 0.25) is 0 Å². The number of rotatable bonds is 6. The molecule has 0 spiro atoms. The van der Waals surface area contributed by atoms with Gasteiger partial charge in [-0.05, 0) is 43.1 Å². The number of carbonyl (C=O) groups excluding carboxylic acids is 1. The molecule has 1 aromatic carbocycles. The Labute approximate surface area is 160 Å². The van der Waals surface area contributed by atoms with Gasteiger partial charge in [0, 0.05) is 45.6 Å². The quantitative estimate of drug-likeness (QED) is 0.776. The van der Waals surface area contributed by atoms with E-state index >= 15 is 0 Å². The normalized spacial score (nSPS) is 20.3. The summed E-state index contributed by atoms with van der Waals surface area (Å²) in [5, 5.41) is 4.41. The predicted molar refractivity (Wildman–Crippen MR) is 103 cm³/mol. The predicted octanol–water partition coefficient (Wildman–Crippen LogP) is 1.98. The van der Waals surface area contributed by atoms with E-state index in [1.54, 1.807) is 39.4 Å². The third-order valence-corrected chi connectivity index (χ3v) is 5.11. The van der Waals surface area contributed by atoms with Gasteiger partial charge in [0.15, 0.2) is 5.54 Å². The Kier molecular flexibility index (Phi) is 5.70. The highest BCUT2D eigenvalue weighted by molar-refractivity contribution is 5.84. The molecule has 2 heterocycles. The minimum Gasteiger partial charge on any atom is -0.497 e. The minimum atomic E-state index is -0.672. The summed E-state index contributed by atoms with van der Waals surface area (Å²) >= 11 is 0. The van der Waals surface area contributed by atoms with Crippen LogP contribution in [0.15, 0.2) is 36.7 Å². The first kappa shape index (κ1) is 19.2. The smallest absolute Gasteiger partial charge is 0.251 e. The summed E-state index contributed by atoms with van der Waals surface area (Å²) in [5.41, 5.74) is 0.425. The van der Waals surface area contributed by atoms with Gasteiger partial charge in [0.1, 0.15) is 11.5 Å². The minimum absolute atomic E-state index is 0.0825. The second kappa shape index (κ2) is 8.00. The fourth-order valence-electron chi connectivity index (χ4n) is 3.87. The van der Waals surface area contributed by atoms with E-state index in [0.29, 0.717) is 6.54 Å². The fourth-order valence-corrected chi connectivity index (χ4v) is 3.87. The highest BCUT2D eigenvalue weighted by Crippen LogP contribution is 2.32. The van der Waals surface area contributed by atoms with Crippen LogP contribution in [0.4, 0.5) is 0 Å². The second-order valence-corrected chi connectivity index (χ2v) is 7.22. The van der Waals surface area contributed by atoms with E-state index in [9.17, 15) is 4.79 Å². The lowest BCUT2D eigenvalue weighted by molar-refractivity contribution is -0.142. The zero-order valence-electron chi connectivity index (χ0n) is 16.5. The molecule has 1 fully saturated rings. The van der Waals surface area contributed by atoms with E-state index in [1.807, 2.05) is 35.1 Å². The van der Waals surface area contributed by atoms with Gasteiger partial charge in [0.25, 0.3) is 5.91 Å². The van der Waals surface area contributed by atoms with Crippen molar-refractivity contribution < 1.29 is 14.3 Å². The van der Waals surface area contributed by atoms with Crippen molar-refractivity contribution in [2.24, 2.45) is 0 Å². The van der Waals surface area contributed by atoms with E-state index in [2.05, 4.69) is 10.00 Å². The summed E-state index contributed by atoms with van der Waals surface area (Å²) in [6.07, 6.45) is 5.33. The van der Waals surface area contributed by atoms with Crippen molar-refractivity contribution in [3.63, 3.8) is 0 Å².